The topological polar surface area (TPSA) is 56.8 Å². The first-order chi connectivity index (χ1) is 9.46. The molecule has 4 nitrogen and oxygen atoms in total. The van der Waals surface area contributed by atoms with Gasteiger partial charge in [-0.2, -0.15) is 4.39 Å². The molecule has 2 rings (SSSR count). The molecule has 2 unspecified atom stereocenters. The van der Waals surface area contributed by atoms with Crippen LogP contribution < -0.4 is 15.2 Å². The van der Waals surface area contributed by atoms with Crippen molar-refractivity contribution in [2.75, 3.05) is 7.05 Å². The summed E-state index contributed by atoms with van der Waals surface area (Å²) < 4.78 is 23.7. The molecule has 108 valence electrons. The van der Waals surface area contributed by atoms with Gasteiger partial charge in [0.1, 0.15) is 0 Å². The molecule has 1 aromatic rings. The van der Waals surface area contributed by atoms with Crippen LogP contribution in [-0.4, -0.2) is 18.8 Å². The molecule has 5 heteroatoms. The van der Waals surface area contributed by atoms with Crippen LogP contribution in [-0.2, 0) is 0 Å². The average Bonchev–Trinajstić information content (AvgIpc) is 2.72. The second-order valence-electron chi connectivity index (χ2n) is 4.68. The number of hydrogen-bond donors (Lipinski definition) is 1. The molecule has 20 heavy (non-hydrogen) atoms. The summed E-state index contributed by atoms with van der Waals surface area (Å²) >= 11 is 0. The number of nitrogens with zero attached hydrogens (tertiary/aromatic N) is 1. The van der Waals surface area contributed by atoms with Gasteiger partial charge in [-0.1, -0.05) is 19.1 Å². The summed E-state index contributed by atoms with van der Waals surface area (Å²) in [5, 5.41) is 0. The summed E-state index contributed by atoms with van der Waals surface area (Å²) in [5.41, 5.74) is 7.74. The predicted molar refractivity (Wildman–Crippen MR) is 76.9 cm³/mol. The van der Waals surface area contributed by atoms with E-state index in [0.717, 1.165) is 17.7 Å². The Balaban J connectivity index is 2.25. The van der Waals surface area contributed by atoms with Gasteiger partial charge in [0.25, 0.3) is 0 Å². The summed E-state index contributed by atoms with van der Waals surface area (Å²) in [6.07, 6.45) is 4.80. The van der Waals surface area contributed by atoms with Gasteiger partial charge in [-0.25, -0.2) is 0 Å². The minimum absolute atomic E-state index is 0.359. The average molecular weight is 278 g/mol. The first kappa shape index (κ1) is 14.5. The highest BCUT2D eigenvalue weighted by atomic mass is 19.2. The fourth-order valence-corrected chi connectivity index (χ4v) is 2.02. The molecule has 2 atom stereocenters. The Labute approximate surface area is 118 Å². The van der Waals surface area contributed by atoms with E-state index in [1.807, 2.05) is 19.1 Å². The lowest BCUT2D eigenvalue weighted by molar-refractivity contribution is -0.173. The smallest absolute Gasteiger partial charge is 0.404 e. The summed E-state index contributed by atoms with van der Waals surface area (Å²) in [6, 6.07) is 2.64. The molecule has 1 aliphatic rings. The van der Waals surface area contributed by atoms with E-state index in [1.165, 1.54) is 6.92 Å². The molecule has 0 spiro atoms. The molecular weight excluding hydrogens is 259 g/mol. The van der Waals surface area contributed by atoms with Crippen LogP contribution in [0.15, 0.2) is 35.3 Å². The van der Waals surface area contributed by atoms with Gasteiger partial charge in [-0.15, -0.1) is 0 Å². The zero-order chi connectivity index (χ0) is 14.8. The first-order valence-electron chi connectivity index (χ1n) is 6.56. The number of alkyl halides is 1. The molecule has 0 saturated heterocycles. The van der Waals surface area contributed by atoms with Crippen molar-refractivity contribution in [2.45, 2.75) is 32.4 Å². The molecule has 1 aliphatic heterocycles. The van der Waals surface area contributed by atoms with Crippen LogP contribution in [0, 0.1) is 0 Å². The SMILES string of the molecule is CC/C=C\C(=NC)C(N)c1ccc2c(c1)OC(C)(F)O2. The van der Waals surface area contributed by atoms with E-state index in [0.29, 0.717) is 11.5 Å². The number of aliphatic imine (C=N–C) groups is 1. The number of nitrogens with two attached hydrogens (primary N) is 1. The molecule has 1 heterocycles. The second kappa shape index (κ2) is 5.63. The van der Waals surface area contributed by atoms with Crippen LogP contribution in [0.4, 0.5) is 4.39 Å². The molecule has 2 N–H and O–H groups in total. The highest BCUT2D eigenvalue weighted by Gasteiger charge is 2.37. The van der Waals surface area contributed by atoms with Gasteiger partial charge in [-0.05, 0) is 30.2 Å². The second-order valence-corrected chi connectivity index (χ2v) is 4.68. The van der Waals surface area contributed by atoms with Gasteiger partial charge < -0.3 is 15.2 Å². The number of fused-ring (bicyclic) bond motifs is 1. The van der Waals surface area contributed by atoms with Crippen molar-refractivity contribution in [2.24, 2.45) is 10.7 Å². The maximum atomic E-state index is 13.6. The van der Waals surface area contributed by atoms with Crippen LogP contribution in [0.1, 0.15) is 31.9 Å². The van der Waals surface area contributed by atoms with Crippen molar-refractivity contribution < 1.29 is 13.9 Å². The van der Waals surface area contributed by atoms with Crippen LogP contribution in [0.25, 0.3) is 0 Å². The molecule has 0 aromatic heterocycles. The van der Waals surface area contributed by atoms with E-state index < -0.39 is 6.04 Å². The van der Waals surface area contributed by atoms with Crippen molar-refractivity contribution in [3.05, 3.63) is 35.9 Å². The predicted octanol–water partition coefficient (Wildman–Crippen LogP) is 3.14. The van der Waals surface area contributed by atoms with E-state index in [9.17, 15) is 4.39 Å². The molecule has 0 fully saturated rings. The normalized spacial score (nSPS) is 23.4. The fourth-order valence-electron chi connectivity index (χ4n) is 2.02. The van der Waals surface area contributed by atoms with Crippen molar-refractivity contribution in [1.82, 2.24) is 0 Å². The van der Waals surface area contributed by atoms with Crippen LogP contribution in [0.2, 0.25) is 0 Å². The quantitative estimate of drug-likeness (QED) is 0.861. The number of halogens is 1. The van der Waals surface area contributed by atoms with Crippen molar-refractivity contribution in [1.29, 1.82) is 0 Å². The lowest BCUT2D eigenvalue weighted by Crippen LogP contribution is -2.27. The van der Waals surface area contributed by atoms with Gasteiger partial charge in [-0.3, -0.25) is 4.99 Å². The number of hydrogen-bond acceptors (Lipinski definition) is 4. The Bertz CT molecular complexity index is 553. The van der Waals surface area contributed by atoms with Crippen LogP contribution in [0.3, 0.4) is 0 Å². The lowest BCUT2D eigenvalue weighted by atomic mass is 10.0. The van der Waals surface area contributed by atoms with Gasteiger partial charge in [0, 0.05) is 14.0 Å². The van der Waals surface area contributed by atoms with E-state index in [4.69, 9.17) is 15.2 Å². The van der Waals surface area contributed by atoms with Gasteiger partial charge in [0.2, 0.25) is 0 Å². The fraction of sp³-hybridized carbons (Fsp3) is 0.400. The monoisotopic (exact) mass is 278 g/mol. The molecular formula is C15H19FN2O2. The van der Waals surface area contributed by atoms with E-state index in [1.54, 1.807) is 25.2 Å². The summed E-state index contributed by atoms with van der Waals surface area (Å²) in [5.74, 6) is 0.739. The highest BCUT2D eigenvalue weighted by Crippen LogP contribution is 2.41. The molecule has 0 radical (unpaired) electrons. The largest absolute Gasteiger partial charge is 0.423 e. The third kappa shape index (κ3) is 2.99. The molecule has 1 aromatic carbocycles. The number of benzene rings is 1. The molecule has 0 aliphatic carbocycles. The minimum Gasteiger partial charge on any atom is -0.423 e. The number of ether oxygens (including phenoxy) is 2. The van der Waals surface area contributed by atoms with Crippen LogP contribution >= 0.6 is 0 Å². The van der Waals surface area contributed by atoms with Crippen molar-refractivity contribution in [3.63, 3.8) is 0 Å². The van der Waals surface area contributed by atoms with Crippen molar-refractivity contribution >= 4 is 5.71 Å². The van der Waals surface area contributed by atoms with E-state index in [-0.39, 0.29) is 6.04 Å². The molecule has 0 saturated carbocycles. The Morgan fingerprint density at radius 1 is 1.45 bits per heavy atom. The third-order valence-corrected chi connectivity index (χ3v) is 3.01. The Morgan fingerprint density at radius 3 is 2.80 bits per heavy atom. The standard InChI is InChI=1S/C15H19FN2O2/c1-4-5-6-11(18-3)14(17)10-7-8-12-13(9-10)20-15(2,16)19-12/h5-9,14H,4,17H2,1-3H3/b6-5-,18-11?. The molecule has 0 amide bonds. The van der Waals surface area contributed by atoms with Crippen LogP contribution in [0.5, 0.6) is 11.5 Å². The minimum atomic E-state index is -2.12. The molecule has 0 bridgehead atoms. The first-order valence-corrected chi connectivity index (χ1v) is 6.56. The van der Waals surface area contributed by atoms with Crippen molar-refractivity contribution in [3.8, 4) is 11.5 Å². The Morgan fingerprint density at radius 2 is 2.15 bits per heavy atom. The van der Waals surface area contributed by atoms with E-state index >= 15 is 0 Å². The summed E-state index contributed by atoms with van der Waals surface area (Å²) in [7, 11) is 1.70. The van der Waals surface area contributed by atoms with Gasteiger partial charge >= 0.3 is 6.04 Å². The maximum absolute atomic E-state index is 13.6. The lowest BCUT2D eigenvalue weighted by Gasteiger charge is -2.13. The zero-order valence-corrected chi connectivity index (χ0v) is 11.9. The highest BCUT2D eigenvalue weighted by molar-refractivity contribution is 5.99. The maximum Gasteiger partial charge on any atom is 0.404 e. The Hall–Kier alpha value is -1.88. The van der Waals surface area contributed by atoms with Gasteiger partial charge in [0.15, 0.2) is 11.5 Å². The Kier molecular flexibility index (Phi) is 4.09. The van der Waals surface area contributed by atoms with E-state index in [2.05, 4.69) is 4.99 Å². The number of rotatable bonds is 4. The number of allylic oxidation sites excluding steroid dienone is 1. The zero-order valence-electron chi connectivity index (χ0n) is 11.9. The summed E-state index contributed by atoms with van der Waals surface area (Å²) in [6.45, 7) is 3.26. The van der Waals surface area contributed by atoms with Gasteiger partial charge in [0.05, 0.1) is 11.8 Å². The summed E-state index contributed by atoms with van der Waals surface area (Å²) in [4.78, 5) is 4.18. The third-order valence-electron chi connectivity index (χ3n) is 3.01.